The van der Waals surface area contributed by atoms with Crippen molar-refractivity contribution in [1.82, 2.24) is 8.87 Å². The van der Waals surface area contributed by atoms with Gasteiger partial charge in [-0.1, -0.05) is 38.0 Å². The molecule has 1 aliphatic rings. The zero-order chi connectivity index (χ0) is 27.3. The molecule has 0 unspecified atom stereocenters. The normalized spacial score (nSPS) is 13.4. The number of fused-ring (bicyclic) bond motifs is 2. The van der Waals surface area contributed by atoms with Crippen LogP contribution in [0.25, 0.3) is 10.2 Å². The highest BCUT2D eigenvalue weighted by Crippen LogP contribution is 2.37. The van der Waals surface area contributed by atoms with E-state index in [9.17, 15) is 18.0 Å². The second-order valence-electron chi connectivity index (χ2n) is 8.77. The average Bonchev–Trinajstić information content (AvgIpc) is 3.50. The van der Waals surface area contributed by atoms with Gasteiger partial charge >= 0.3 is 5.97 Å². The van der Waals surface area contributed by atoms with Crippen molar-refractivity contribution in [3.8, 4) is 11.5 Å². The van der Waals surface area contributed by atoms with Gasteiger partial charge in [0.2, 0.25) is 16.8 Å². The van der Waals surface area contributed by atoms with Crippen molar-refractivity contribution in [2.45, 2.75) is 51.0 Å². The van der Waals surface area contributed by atoms with Crippen LogP contribution in [0.5, 0.6) is 11.5 Å². The minimum atomic E-state index is -3.68. The Hall–Kier alpha value is -3.22. The molecule has 0 atom stereocenters. The number of rotatable bonds is 11. The summed E-state index contributed by atoms with van der Waals surface area (Å²) < 4.78 is 46.0. The molecule has 0 saturated carbocycles. The molecule has 4 rings (SSSR count). The van der Waals surface area contributed by atoms with Crippen LogP contribution in [0.3, 0.4) is 0 Å². The monoisotopic (exact) mass is 561 g/mol. The molecule has 3 aromatic rings. The number of hydrogen-bond acceptors (Lipinski definition) is 8. The maximum absolute atomic E-state index is 13.2. The first-order chi connectivity index (χ1) is 18.3. The molecule has 2 aromatic carbocycles. The van der Waals surface area contributed by atoms with Crippen molar-refractivity contribution in [3.05, 3.63) is 46.8 Å². The van der Waals surface area contributed by atoms with Crippen molar-refractivity contribution < 1.29 is 32.2 Å². The zero-order valence-electron chi connectivity index (χ0n) is 21.6. The predicted octanol–water partition coefficient (Wildman–Crippen LogP) is 3.94. The highest BCUT2D eigenvalue weighted by molar-refractivity contribution is 7.89. The minimum absolute atomic E-state index is 0.111. The van der Waals surface area contributed by atoms with E-state index in [1.54, 1.807) is 16.7 Å². The third-order valence-electron chi connectivity index (χ3n) is 6.15. The molecule has 0 bridgehead atoms. The first-order valence-corrected chi connectivity index (χ1v) is 14.7. The molecule has 0 spiro atoms. The summed E-state index contributed by atoms with van der Waals surface area (Å²) in [6, 6.07) is 9.33. The quantitative estimate of drug-likeness (QED) is 0.326. The van der Waals surface area contributed by atoms with Crippen molar-refractivity contribution in [3.63, 3.8) is 0 Å². The molecule has 1 amide bonds. The van der Waals surface area contributed by atoms with Gasteiger partial charge in [0.25, 0.3) is 5.91 Å². The van der Waals surface area contributed by atoms with Crippen molar-refractivity contribution in [2.24, 2.45) is 4.99 Å². The minimum Gasteiger partial charge on any atom is -0.468 e. The zero-order valence-corrected chi connectivity index (χ0v) is 23.3. The van der Waals surface area contributed by atoms with Gasteiger partial charge in [-0.2, -0.15) is 9.30 Å². The first kappa shape index (κ1) is 27.8. The Balaban J connectivity index is 1.65. The van der Waals surface area contributed by atoms with Crippen LogP contribution in [0.1, 0.15) is 49.9 Å². The average molecular weight is 562 g/mol. The summed E-state index contributed by atoms with van der Waals surface area (Å²) in [4.78, 5) is 29.9. The Morgan fingerprint density at radius 2 is 1.68 bits per heavy atom. The highest BCUT2D eigenvalue weighted by atomic mass is 32.2. The van der Waals surface area contributed by atoms with Gasteiger partial charge < -0.3 is 18.8 Å². The van der Waals surface area contributed by atoms with Gasteiger partial charge in [-0.15, -0.1) is 0 Å². The molecule has 0 N–H and O–H groups in total. The maximum Gasteiger partial charge on any atom is 0.325 e. The Kier molecular flexibility index (Phi) is 8.85. The summed E-state index contributed by atoms with van der Waals surface area (Å²) >= 11 is 1.22. The summed E-state index contributed by atoms with van der Waals surface area (Å²) in [5, 5.41) is 0. The first-order valence-electron chi connectivity index (χ1n) is 12.5. The lowest BCUT2D eigenvalue weighted by Gasteiger charge is -2.22. The number of methoxy groups -OCH3 is 1. The van der Waals surface area contributed by atoms with Crippen LogP contribution in [0.4, 0.5) is 0 Å². The molecule has 12 heteroatoms. The van der Waals surface area contributed by atoms with E-state index in [-0.39, 0.29) is 23.8 Å². The number of carbonyl (C=O) groups is 2. The third kappa shape index (κ3) is 5.92. The van der Waals surface area contributed by atoms with Crippen LogP contribution in [-0.2, 0) is 26.1 Å². The number of hydrogen-bond donors (Lipinski definition) is 0. The number of carbonyl (C=O) groups excluding carboxylic acids is 2. The van der Waals surface area contributed by atoms with Crippen LogP contribution in [0, 0.1) is 0 Å². The molecule has 0 radical (unpaired) electrons. The third-order valence-corrected chi connectivity index (χ3v) is 9.10. The van der Waals surface area contributed by atoms with E-state index in [1.807, 2.05) is 13.8 Å². The SMILES string of the molecule is CCCCN(CCCC)S(=O)(=O)c1ccc(C(=O)N=c2sc3cc4c(cc3n2CC(=O)OC)OCO4)cc1. The number of benzene rings is 2. The fraction of sp³-hybridized carbons (Fsp3) is 0.423. The summed E-state index contributed by atoms with van der Waals surface area (Å²) in [6.45, 7) is 4.93. The van der Waals surface area contributed by atoms with E-state index >= 15 is 0 Å². The number of ether oxygens (including phenoxy) is 3. The molecule has 38 heavy (non-hydrogen) atoms. The molecule has 204 valence electrons. The van der Waals surface area contributed by atoms with Gasteiger partial charge in [-0.25, -0.2) is 8.42 Å². The Morgan fingerprint density at radius 3 is 2.29 bits per heavy atom. The highest BCUT2D eigenvalue weighted by Gasteiger charge is 2.24. The van der Waals surface area contributed by atoms with E-state index in [1.165, 1.54) is 47.0 Å². The number of nitrogens with zero attached hydrogens (tertiary/aromatic N) is 3. The van der Waals surface area contributed by atoms with Gasteiger partial charge in [-0.3, -0.25) is 9.59 Å². The molecule has 0 fully saturated rings. The second kappa shape index (κ2) is 12.1. The number of sulfonamides is 1. The fourth-order valence-corrected chi connectivity index (χ4v) is 6.54. The van der Waals surface area contributed by atoms with Crippen LogP contribution in [-0.4, -0.2) is 56.2 Å². The van der Waals surface area contributed by atoms with Gasteiger partial charge in [-0.05, 0) is 37.1 Å². The van der Waals surface area contributed by atoms with E-state index in [2.05, 4.69) is 4.99 Å². The van der Waals surface area contributed by atoms with Crippen molar-refractivity contribution in [2.75, 3.05) is 27.0 Å². The number of thiazole rings is 1. The smallest absolute Gasteiger partial charge is 0.325 e. The van der Waals surface area contributed by atoms with Gasteiger partial charge in [0.15, 0.2) is 16.3 Å². The molecule has 1 aromatic heterocycles. The Morgan fingerprint density at radius 1 is 1.05 bits per heavy atom. The topological polar surface area (TPSA) is 117 Å². The number of aromatic nitrogens is 1. The van der Waals surface area contributed by atoms with E-state index < -0.39 is 21.9 Å². The van der Waals surface area contributed by atoms with Gasteiger partial charge in [0.05, 0.1) is 22.2 Å². The molecule has 0 saturated heterocycles. The summed E-state index contributed by atoms with van der Waals surface area (Å²) in [5.41, 5.74) is 0.880. The van der Waals surface area contributed by atoms with Gasteiger partial charge in [0.1, 0.15) is 6.54 Å². The number of amides is 1. The molecule has 1 aliphatic heterocycles. The lowest BCUT2D eigenvalue weighted by Crippen LogP contribution is -2.33. The molecule has 2 heterocycles. The predicted molar refractivity (Wildman–Crippen MR) is 143 cm³/mol. The lowest BCUT2D eigenvalue weighted by atomic mass is 10.2. The molecular formula is C26H31N3O7S2. The summed E-state index contributed by atoms with van der Waals surface area (Å²) in [7, 11) is -2.39. The van der Waals surface area contributed by atoms with Crippen LogP contribution >= 0.6 is 11.3 Å². The van der Waals surface area contributed by atoms with Crippen LogP contribution < -0.4 is 14.3 Å². The molecular weight excluding hydrogens is 530 g/mol. The second-order valence-corrected chi connectivity index (χ2v) is 11.7. The van der Waals surface area contributed by atoms with E-state index in [4.69, 9.17) is 14.2 Å². The lowest BCUT2D eigenvalue weighted by molar-refractivity contribution is -0.141. The van der Waals surface area contributed by atoms with Crippen molar-refractivity contribution >= 4 is 43.5 Å². The van der Waals surface area contributed by atoms with E-state index in [0.29, 0.717) is 34.9 Å². The van der Waals surface area contributed by atoms with E-state index in [0.717, 1.165) is 30.4 Å². The fourth-order valence-electron chi connectivity index (χ4n) is 3.98. The standard InChI is InChI=1S/C26H31N3O7S2/c1-4-6-12-28(13-7-5-2)38(32,33)19-10-8-18(9-11-19)25(31)27-26-29(16-24(30)34-3)20-14-21-22(36-17-35-21)15-23(20)37-26/h8-11,14-15H,4-7,12-13,16-17H2,1-3H3. The Labute approximate surface area is 225 Å². The molecule has 0 aliphatic carbocycles. The molecule has 10 nitrogen and oxygen atoms in total. The van der Waals surface area contributed by atoms with Crippen LogP contribution in [0.15, 0.2) is 46.3 Å². The number of esters is 1. The largest absolute Gasteiger partial charge is 0.468 e. The summed E-state index contributed by atoms with van der Waals surface area (Å²) in [5.74, 6) is 0.0515. The van der Waals surface area contributed by atoms with Crippen LogP contribution in [0.2, 0.25) is 0 Å². The Bertz CT molecular complexity index is 1480. The summed E-state index contributed by atoms with van der Waals surface area (Å²) in [6.07, 6.45) is 3.34. The van der Waals surface area contributed by atoms with Gasteiger partial charge in [0, 0.05) is 30.8 Å². The maximum atomic E-state index is 13.2. The van der Waals surface area contributed by atoms with Crippen molar-refractivity contribution in [1.29, 1.82) is 0 Å². The number of unbranched alkanes of at least 4 members (excludes halogenated alkanes) is 2.